The Labute approximate surface area is 88.9 Å². The summed E-state index contributed by atoms with van der Waals surface area (Å²) in [6.07, 6.45) is 2.45. The molecular formula is C10H22O3Si. The fourth-order valence-electron chi connectivity index (χ4n) is 1.18. The number of hydrogen-bond donors (Lipinski definition) is 0. The first-order chi connectivity index (χ1) is 6.76. The Balaban J connectivity index is 3.74. The van der Waals surface area contributed by atoms with Gasteiger partial charge in [-0.25, -0.2) is 0 Å². The third-order valence-electron chi connectivity index (χ3n) is 1.94. The molecule has 0 radical (unpaired) electrons. The van der Waals surface area contributed by atoms with E-state index in [1.54, 1.807) is 0 Å². The number of hydrogen-bond acceptors (Lipinski definition) is 3. The Bertz CT molecular complexity index is 135. The standard InChI is InChI=1S/C10H22O3Si/c1-5-11-9-8-10(4)14(12-6-2)13-7-3/h5,10,14H,1,6-9H2,2-4H3. The molecule has 0 N–H and O–H groups in total. The van der Waals surface area contributed by atoms with Gasteiger partial charge in [-0.05, 0) is 20.3 Å². The third-order valence-corrected chi connectivity index (χ3v) is 4.52. The van der Waals surface area contributed by atoms with Crippen molar-refractivity contribution in [2.75, 3.05) is 19.8 Å². The molecule has 0 fully saturated rings. The van der Waals surface area contributed by atoms with Gasteiger partial charge in [-0.1, -0.05) is 13.5 Å². The van der Waals surface area contributed by atoms with Gasteiger partial charge in [0.05, 0.1) is 12.9 Å². The highest BCUT2D eigenvalue weighted by Crippen LogP contribution is 2.16. The summed E-state index contributed by atoms with van der Waals surface area (Å²) in [5, 5.41) is 0. The van der Waals surface area contributed by atoms with Crippen LogP contribution in [0.3, 0.4) is 0 Å². The highest BCUT2D eigenvalue weighted by Gasteiger charge is 2.20. The SMILES string of the molecule is C=COCCC(C)[SiH](OCC)OCC. The van der Waals surface area contributed by atoms with E-state index in [-0.39, 0.29) is 0 Å². The first-order valence-corrected chi connectivity index (χ1v) is 6.82. The van der Waals surface area contributed by atoms with E-state index in [2.05, 4.69) is 13.5 Å². The van der Waals surface area contributed by atoms with Crippen LogP contribution in [-0.2, 0) is 13.6 Å². The van der Waals surface area contributed by atoms with E-state index in [0.717, 1.165) is 19.6 Å². The van der Waals surface area contributed by atoms with Gasteiger partial charge in [0.2, 0.25) is 0 Å². The Morgan fingerprint density at radius 2 is 1.86 bits per heavy atom. The lowest BCUT2D eigenvalue weighted by molar-refractivity contribution is 0.192. The summed E-state index contributed by atoms with van der Waals surface area (Å²) in [7, 11) is -1.48. The van der Waals surface area contributed by atoms with E-state index in [4.69, 9.17) is 13.6 Å². The third kappa shape index (κ3) is 6.18. The summed E-state index contributed by atoms with van der Waals surface area (Å²) in [6, 6.07) is 0. The Morgan fingerprint density at radius 1 is 1.29 bits per heavy atom. The van der Waals surface area contributed by atoms with Gasteiger partial charge >= 0.3 is 9.28 Å². The molecule has 0 rings (SSSR count). The predicted octanol–water partition coefficient (Wildman–Crippen LogP) is 2.22. The number of rotatable bonds is 9. The van der Waals surface area contributed by atoms with Crippen LogP contribution in [0.4, 0.5) is 0 Å². The normalized spacial score (nSPS) is 12.9. The average Bonchev–Trinajstić information content (AvgIpc) is 2.18. The fraction of sp³-hybridized carbons (Fsp3) is 0.800. The Morgan fingerprint density at radius 3 is 2.29 bits per heavy atom. The fourth-order valence-corrected chi connectivity index (χ4v) is 3.00. The lowest BCUT2D eigenvalue weighted by Gasteiger charge is -2.21. The second kappa shape index (κ2) is 9.24. The van der Waals surface area contributed by atoms with Crippen LogP contribution >= 0.6 is 0 Å². The van der Waals surface area contributed by atoms with Gasteiger partial charge in [0.15, 0.2) is 0 Å². The minimum atomic E-state index is -1.48. The van der Waals surface area contributed by atoms with Crippen molar-refractivity contribution in [2.24, 2.45) is 0 Å². The van der Waals surface area contributed by atoms with Crippen LogP contribution < -0.4 is 0 Å². The van der Waals surface area contributed by atoms with Crippen LogP contribution in [0.25, 0.3) is 0 Å². The average molecular weight is 218 g/mol. The summed E-state index contributed by atoms with van der Waals surface area (Å²) in [5.74, 6) is 0. The Kier molecular flexibility index (Phi) is 9.03. The largest absolute Gasteiger partial charge is 0.502 e. The zero-order valence-electron chi connectivity index (χ0n) is 9.49. The van der Waals surface area contributed by atoms with Gasteiger partial charge in [-0.15, -0.1) is 0 Å². The smallest absolute Gasteiger partial charge is 0.324 e. The van der Waals surface area contributed by atoms with Crippen molar-refractivity contribution in [3.05, 3.63) is 12.8 Å². The zero-order chi connectivity index (χ0) is 10.8. The lowest BCUT2D eigenvalue weighted by atomic mass is 10.3. The Hall–Kier alpha value is -0.323. The molecule has 4 heteroatoms. The lowest BCUT2D eigenvalue weighted by Crippen LogP contribution is -2.28. The molecule has 0 aliphatic rings. The highest BCUT2D eigenvalue weighted by molar-refractivity contribution is 6.46. The van der Waals surface area contributed by atoms with E-state index in [1.807, 2.05) is 13.8 Å². The summed E-state index contributed by atoms with van der Waals surface area (Å²) >= 11 is 0. The van der Waals surface area contributed by atoms with Crippen LogP contribution in [-0.4, -0.2) is 29.1 Å². The van der Waals surface area contributed by atoms with Crippen LogP contribution in [0, 0.1) is 0 Å². The van der Waals surface area contributed by atoms with Crippen LogP contribution in [0.1, 0.15) is 27.2 Å². The van der Waals surface area contributed by atoms with Crippen molar-refractivity contribution < 1.29 is 13.6 Å². The van der Waals surface area contributed by atoms with Crippen molar-refractivity contribution in [1.82, 2.24) is 0 Å². The second-order valence-corrected chi connectivity index (χ2v) is 5.62. The molecule has 0 aliphatic carbocycles. The molecule has 0 saturated carbocycles. The van der Waals surface area contributed by atoms with Gasteiger partial charge < -0.3 is 13.6 Å². The van der Waals surface area contributed by atoms with Crippen LogP contribution in [0.15, 0.2) is 12.8 Å². The molecule has 0 aromatic heterocycles. The van der Waals surface area contributed by atoms with E-state index >= 15 is 0 Å². The second-order valence-electron chi connectivity index (χ2n) is 3.08. The topological polar surface area (TPSA) is 27.7 Å². The highest BCUT2D eigenvalue weighted by atomic mass is 28.3. The van der Waals surface area contributed by atoms with Crippen molar-refractivity contribution in [3.63, 3.8) is 0 Å². The molecule has 3 nitrogen and oxygen atoms in total. The summed E-state index contributed by atoms with van der Waals surface area (Å²) in [5.41, 5.74) is 0.481. The maximum Gasteiger partial charge on any atom is 0.324 e. The molecule has 1 unspecified atom stereocenters. The summed E-state index contributed by atoms with van der Waals surface area (Å²) < 4.78 is 16.3. The van der Waals surface area contributed by atoms with Gasteiger partial charge in [-0.3, -0.25) is 0 Å². The molecule has 0 spiro atoms. The van der Waals surface area contributed by atoms with E-state index in [0.29, 0.717) is 12.1 Å². The number of ether oxygens (including phenoxy) is 1. The quantitative estimate of drug-likeness (QED) is 0.337. The molecule has 0 heterocycles. The van der Waals surface area contributed by atoms with E-state index in [9.17, 15) is 0 Å². The molecule has 0 aromatic rings. The first kappa shape index (κ1) is 13.7. The molecule has 0 aromatic carbocycles. The van der Waals surface area contributed by atoms with Crippen molar-refractivity contribution >= 4 is 9.28 Å². The van der Waals surface area contributed by atoms with Gasteiger partial charge in [0.1, 0.15) is 0 Å². The molecule has 84 valence electrons. The van der Waals surface area contributed by atoms with Gasteiger partial charge in [0, 0.05) is 18.8 Å². The van der Waals surface area contributed by atoms with E-state index < -0.39 is 9.28 Å². The van der Waals surface area contributed by atoms with Crippen molar-refractivity contribution in [3.8, 4) is 0 Å². The molecule has 0 saturated heterocycles. The predicted molar refractivity (Wildman–Crippen MR) is 60.6 cm³/mol. The van der Waals surface area contributed by atoms with Gasteiger partial charge in [-0.2, -0.15) is 0 Å². The minimum Gasteiger partial charge on any atom is -0.502 e. The first-order valence-electron chi connectivity index (χ1n) is 5.21. The molecule has 1 atom stereocenters. The summed E-state index contributed by atoms with van der Waals surface area (Å²) in [4.78, 5) is 0. The maximum atomic E-state index is 5.61. The molecule has 14 heavy (non-hydrogen) atoms. The van der Waals surface area contributed by atoms with Crippen LogP contribution in [0.2, 0.25) is 5.54 Å². The zero-order valence-corrected chi connectivity index (χ0v) is 10.6. The molecule has 0 aliphatic heterocycles. The van der Waals surface area contributed by atoms with Crippen molar-refractivity contribution in [2.45, 2.75) is 32.7 Å². The maximum absolute atomic E-state index is 5.61. The van der Waals surface area contributed by atoms with E-state index in [1.165, 1.54) is 6.26 Å². The molecule has 0 amide bonds. The summed E-state index contributed by atoms with van der Waals surface area (Å²) in [6.45, 7) is 11.9. The van der Waals surface area contributed by atoms with Crippen LogP contribution in [0.5, 0.6) is 0 Å². The molecular weight excluding hydrogens is 196 g/mol. The molecule has 0 bridgehead atoms. The minimum absolute atomic E-state index is 0.481. The van der Waals surface area contributed by atoms with Gasteiger partial charge in [0.25, 0.3) is 0 Å². The van der Waals surface area contributed by atoms with Crippen molar-refractivity contribution in [1.29, 1.82) is 0 Å². The monoisotopic (exact) mass is 218 g/mol.